The summed E-state index contributed by atoms with van der Waals surface area (Å²) in [6, 6.07) is 0. The minimum atomic E-state index is -1.43. The first-order valence-corrected chi connectivity index (χ1v) is 5.56. The van der Waals surface area contributed by atoms with Gasteiger partial charge in [0.15, 0.2) is 12.3 Å². The number of aliphatic hydroxyl groups excluding tert-OH is 2. The van der Waals surface area contributed by atoms with Crippen molar-refractivity contribution < 1.29 is 24.4 Å². The van der Waals surface area contributed by atoms with Crippen LogP contribution in [0.2, 0.25) is 0 Å². The summed E-state index contributed by atoms with van der Waals surface area (Å²) in [6.45, 7) is 1.08. The van der Waals surface area contributed by atoms with E-state index >= 15 is 0 Å². The van der Waals surface area contributed by atoms with Crippen molar-refractivity contribution >= 4 is 5.82 Å². The van der Waals surface area contributed by atoms with Gasteiger partial charge in [-0.3, -0.25) is 4.57 Å². The van der Waals surface area contributed by atoms with E-state index in [0.29, 0.717) is 5.56 Å². The Morgan fingerprint density at radius 2 is 2.37 bits per heavy atom. The summed E-state index contributed by atoms with van der Waals surface area (Å²) >= 11 is 0. The Hall–Kier alpha value is -1.55. The second kappa shape index (κ2) is 5.21. The highest BCUT2D eigenvalue weighted by atomic mass is 19.3. The third-order valence-electron chi connectivity index (χ3n) is 3.04. The van der Waals surface area contributed by atoms with Gasteiger partial charge in [-0.05, 0) is 11.4 Å². The molecule has 1 aliphatic rings. The summed E-state index contributed by atoms with van der Waals surface area (Å²) in [5, 5.41) is 18.7. The molecule has 1 unspecified atom stereocenters. The van der Waals surface area contributed by atoms with Crippen molar-refractivity contribution in [2.45, 2.75) is 31.5 Å². The summed E-state index contributed by atoms with van der Waals surface area (Å²) < 4.78 is 18.7. The molecule has 0 aliphatic carbocycles. The summed E-state index contributed by atoms with van der Waals surface area (Å²) in [7, 11) is 0. The molecule has 106 valence electrons. The minimum absolute atomic E-state index is 0.0521. The lowest BCUT2D eigenvalue weighted by molar-refractivity contribution is -0.221. The highest BCUT2D eigenvalue weighted by Gasteiger charge is 2.46. The number of hydrogen-bond acceptors (Lipinski definition) is 7. The second-order valence-electron chi connectivity index (χ2n) is 4.29. The number of hydrogen-bond donors (Lipinski definition) is 3. The molecule has 1 aromatic rings. The van der Waals surface area contributed by atoms with E-state index in [1.54, 1.807) is 6.92 Å². The van der Waals surface area contributed by atoms with Crippen molar-refractivity contribution in [2.24, 2.45) is 0 Å². The van der Waals surface area contributed by atoms with Crippen LogP contribution in [0.25, 0.3) is 0 Å². The highest BCUT2D eigenvalue weighted by molar-refractivity contribution is 5.35. The van der Waals surface area contributed by atoms with E-state index in [2.05, 4.69) is 9.93 Å². The quantitative estimate of drug-likeness (QED) is 0.624. The van der Waals surface area contributed by atoms with Crippen molar-refractivity contribution in [2.75, 3.05) is 12.3 Å². The Morgan fingerprint density at radius 3 is 2.95 bits per heavy atom. The molecule has 0 radical (unpaired) electrons. The zero-order chi connectivity index (χ0) is 14.2. The number of nitrogen functional groups attached to an aromatic ring is 1. The lowest BCUT2D eigenvalue weighted by Crippen LogP contribution is -2.37. The number of aromatic nitrogens is 2. The smallest absolute Gasteiger partial charge is 0.351 e. The average Bonchev–Trinajstić information content (AvgIpc) is 2.70. The Morgan fingerprint density at radius 1 is 1.68 bits per heavy atom. The third kappa shape index (κ3) is 2.32. The van der Waals surface area contributed by atoms with Gasteiger partial charge in [-0.1, -0.05) is 0 Å². The van der Waals surface area contributed by atoms with Crippen LogP contribution in [-0.4, -0.2) is 44.7 Å². The highest BCUT2D eigenvalue weighted by Crippen LogP contribution is 2.31. The molecule has 1 aliphatic heterocycles. The number of aryl methyl sites for hydroxylation is 1. The number of rotatable bonds is 3. The topological polar surface area (TPSA) is 120 Å². The van der Waals surface area contributed by atoms with Crippen LogP contribution in [0.5, 0.6) is 0 Å². The predicted molar refractivity (Wildman–Crippen MR) is 60.6 cm³/mol. The Balaban J connectivity index is 2.41. The molecule has 0 aromatic carbocycles. The van der Waals surface area contributed by atoms with Crippen LogP contribution < -0.4 is 11.4 Å². The van der Waals surface area contributed by atoms with Crippen LogP contribution in [0.1, 0.15) is 11.8 Å². The first kappa shape index (κ1) is 13.9. The van der Waals surface area contributed by atoms with Crippen molar-refractivity contribution in [1.82, 2.24) is 9.55 Å². The first-order valence-electron chi connectivity index (χ1n) is 5.56. The van der Waals surface area contributed by atoms with Crippen LogP contribution in [-0.2, 0) is 9.68 Å². The fourth-order valence-corrected chi connectivity index (χ4v) is 1.95. The van der Waals surface area contributed by atoms with Crippen LogP contribution in [0.15, 0.2) is 11.0 Å². The van der Waals surface area contributed by atoms with Crippen LogP contribution in [0.3, 0.4) is 0 Å². The molecule has 2 rings (SSSR count). The van der Waals surface area contributed by atoms with Gasteiger partial charge in [-0.2, -0.15) is 9.93 Å². The number of ether oxygens (including phenoxy) is 1. The molecule has 19 heavy (non-hydrogen) atoms. The maximum absolute atomic E-state index is 12.5. The number of nitrogens with zero attached hydrogens (tertiary/aromatic N) is 2. The number of aliphatic hydroxyl groups is 2. The van der Waals surface area contributed by atoms with Crippen molar-refractivity contribution in [3.63, 3.8) is 0 Å². The average molecular weight is 275 g/mol. The van der Waals surface area contributed by atoms with Crippen LogP contribution >= 0.6 is 0 Å². The van der Waals surface area contributed by atoms with Gasteiger partial charge in [0.05, 0.1) is 6.61 Å². The maximum Gasteiger partial charge on any atom is 0.351 e. The summed E-state index contributed by atoms with van der Waals surface area (Å²) in [5.74, 6) is 0.0521. The zero-order valence-electron chi connectivity index (χ0n) is 10.1. The molecule has 1 fully saturated rings. The molecule has 0 spiro atoms. The van der Waals surface area contributed by atoms with Crippen molar-refractivity contribution in [3.05, 3.63) is 22.2 Å². The Bertz CT molecular complexity index is 522. The molecular formula is C10H14FN3O5. The van der Waals surface area contributed by atoms with E-state index in [-0.39, 0.29) is 5.82 Å². The Kier molecular flexibility index (Phi) is 3.80. The van der Waals surface area contributed by atoms with Gasteiger partial charge in [0.25, 0.3) is 0 Å². The van der Waals surface area contributed by atoms with Gasteiger partial charge in [-0.15, -0.1) is 0 Å². The van der Waals surface area contributed by atoms with E-state index in [1.807, 2.05) is 0 Å². The number of anilines is 1. The Labute approximate surface area is 107 Å². The van der Waals surface area contributed by atoms with E-state index in [4.69, 9.17) is 15.6 Å². The minimum Gasteiger partial charge on any atom is -0.394 e. The SMILES string of the molecule is Cc1cn(C2O[C@H](CO)[C@@H](O)[C@@H]2OF)c(=O)nc1N. The maximum atomic E-state index is 12.5. The van der Waals surface area contributed by atoms with Crippen LogP contribution in [0.4, 0.5) is 10.3 Å². The first-order chi connectivity index (χ1) is 8.99. The van der Waals surface area contributed by atoms with E-state index in [0.717, 1.165) is 4.57 Å². The number of halogens is 1. The van der Waals surface area contributed by atoms with E-state index in [9.17, 15) is 14.4 Å². The molecular weight excluding hydrogens is 261 g/mol. The second-order valence-corrected chi connectivity index (χ2v) is 4.29. The lowest BCUT2D eigenvalue weighted by atomic mass is 10.1. The van der Waals surface area contributed by atoms with E-state index < -0.39 is 36.8 Å². The lowest BCUT2D eigenvalue weighted by Gasteiger charge is -2.18. The molecule has 0 amide bonds. The van der Waals surface area contributed by atoms with Gasteiger partial charge in [-0.25, -0.2) is 4.79 Å². The molecule has 4 atom stereocenters. The predicted octanol–water partition coefficient (Wildman–Crippen LogP) is -1.35. The van der Waals surface area contributed by atoms with Crippen molar-refractivity contribution in [1.29, 1.82) is 0 Å². The molecule has 1 saturated heterocycles. The molecule has 4 N–H and O–H groups in total. The standard InChI is InChI=1S/C10H14FN3O5/c1-4-2-14(10(17)13-8(4)12)9-7(19-11)6(16)5(3-15)18-9/h2,5-7,9,15-16H,3H2,1H3,(H2,12,13,17)/t5-,6-,7+,9?/m1/s1. The van der Waals surface area contributed by atoms with Gasteiger partial charge in [0.1, 0.15) is 18.0 Å². The molecule has 0 bridgehead atoms. The fourth-order valence-electron chi connectivity index (χ4n) is 1.95. The molecule has 2 heterocycles. The third-order valence-corrected chi connectivity index (χ3v) is 3.04. The zero-order valence-corrected chi connectivity index (χ0v) is 10.1. The van der Waals surface area contributed by atoms with Crippen molar-refractivity contribution in [3.8, 4) is 0 Å². The molecule has 9 heteroatoms. The number of nitrogens with two attached hydrogens (primary N) is 1. The largest absolute Gasteiger partial charge is 0.394 e. The fraction of sp³-hybridized carbons (Fsp3) is 0.600. The van der Waals surface area contributed by atoms with Gasteiger partial charge in [0.2, 0.25) is 0 Å². The molecule has 0 saturated carbocycles. The van der Waals surface area contributed by atoms with Gasteiger partial charge >= 0.3 is 5.69 Å². The van der Waals surface area contributed by atoms with Gasteiger partial charge in [0, 0.05) is 11.8 Å². The summed E-state index contributed by atoms with van der Waals surface area (Å²) in [5.41, 5.74) is 5.20. The monoisotopic (exact) mass is 275 g/mol. The van der Waals surface area contributed by atoms with E-state index in [1.165, 1.54) is 6.20 Å². The molecule has 8 nitrogen and oxygen atoms in total. The van der Waals surface area contributed by atoms with Gasteiger partial charge < -0.3 is 20.7 Å². The summed E-state index contributed by atoms with van der Waals surface area (Å²) in [6.07, 6.45) is -3.77. The normalized spacial score (nSPS) is 30.7. The van der Waals surface area contributed by atoms with Crippen LogP contribution in [0, 0.1) is 6.92 Å². The molecule has 1 aromatic heterocycles. The summed E-state index contributed by atoms with van der Waals surface area (Å²) in [4.78, 5) is 18.9.